The Morgan fingerprint density at radius 1 is 1.06 bits per heavy atom. The van der Waals surface area contributed by atoms with Crippen molar-refractivity contribution in [1.29, 1.82) is 0 Å². The number of rotatable bonds is 9. The van der Waals surface area contributed by atoms with Crippen molar-refractivity contribution in [1.82, 2.24) is 25.3 Å². The summed E-state index contributed by atoms with van der Waals surface area (Å²) in [6.07, 6.45) is 5.75. The maximum Gasteiger partial charge on any atom is 0.256 e. The lowest BCUT2D eigenvalue weighted by Crippen LogP contribution is -2.31. The molecule has 1 atom stereocenters. The molecule has 0 saturated carbocycles. The second-order valence-corrected chi connectivity index (χ2v) is 8.63. The predicted molar refractivity (Wildman–Crippen MR) is 140 cm³/mol. The standard InChI is InChI=1S/C27H30N6O3/c1-6-27(2,20-9-7-8-18-19(25(34)28-3)10-11-29-24(18)20)15-31-23-13-21(32-16-33-23)17-12-22(35-4)26(36-5)30-14-17/h7-14,16H,6,15H2,1-5H3,(H,28,34)(H,31,32,33)/t27-/m1/s1. The number of nitrogens with one attached hydrogen (secondary N) is 2. The summed E-state index contributed by atoms with van der Waals surface area (Å²) in [6.45, 7) is 4.93. The second-order valence-electron chi connectivity index (χ2n) is 8.63. The van der Waals surface area contributed by atoms with Crippen LogP contribution in [0.15, 0.2) is 55.1 Å². The van der Waals surface area contributed by atoms with Crippen molar-refractivity contribution in [3.63, 3.8) is 0 Å². The van der Waals surface area contributed by atoms with Crippen LogP contribution in [-0.2, 0) is 5.41 Å². The van der Waals surface area contributed by atoms with Crippen LogP contribution >= 0.6 is 0 Å². The van der Waals surface area contributed by atoms with Crippen LogP contribution in [0.5, 0.6) is 11.6 Å². The lowest BCUT2D eigenvalue weighted by molar-refractivity contribution is 0.0964. The van der Waals surface area contributed by atoms with Gasteiger partial charge in [0.15, 0.2) is 5.75 Å². The normalized spacial score (nSPS) is 12.6. The van der Waals surface area contributed by atoms with E-state index in [1.54, 1.807) is 39.7 Å². The minimum atomic E-state index is -0.274. The minimum Gasteiger partial charge on any atom is -0.491 e. The highest BCUT2D eigenvalue weighted by atomic mass is 16.5. The first-order chi connectivity index (χ1) is 17.4. The fourth-order valence-corrected chi connectivity index (χ4v) is 4.18. The maximum absolute atomic E-state index is 12.4. The van der Waals surface area contributed by atoms with Gasteiger partial charge >= 0.3 is 0 Å². The number of hydrogen-bond donors (Lipinski definition) is 2. The summed E-state index contributed by atoms with van der Waals surface area (Å²) in [5, 5.41) is 7.02. The van der Waals surface area contributed by atoms with Crippen LogP contribution in [-0.4, -0.2) is 53.7 Å². The molecule has 3 aromatic heterocycles. The number of aromatic nitrogens is 4. The van der Waals surface area contributed by atoms with E-state index in [0.29, 0.717) is 35.2 Å². The van der Waals surface area contributed by atoms with E-state index in [2.05, 4.69) is 50.5 Å². The van der Waals surface area contributed by atoms with Crippen molar-refractivity contribution in [3.05, 3.63) is 66.2 Å². The van der Waals surface area contributed by atoms with E-state index >= 15 is 0 Å². The summed E-state index contributed by atoms with van der Waals surface area (Å²) in [4.78, 5) is 30.2. The zero-order valence-electron chi connectivity index (χ0n) is 21.1. The number of ether oxygens (including phenoxy) is 2. The topological polar surface area (TPSA) is 111 Å². The summed E-state index contributed by atoms with van der Waals surface area (Å²) >= 11 is 0. The average Bonchev–Trinajstić information content (AvgIpc) is 2.94. The highest BCUT2D eigenvalue weighted by molar-refractivity contribution is 6.06. The van der Waals surface area contributed by atoms with Crippen molar-refractivity contribution < 1.29 is 14.3 Å². The lowest BCUT2D eigenvalue weighted by Gasteiger charge is -2.30. The molecule has 0 spiro atoms. The van der Waals surface area contributed by atoms with Gasteiger partial charge in [0.25, 0.3) is 11.8 Å². The van der Waals surface area contributed by atoms with Crippen LogP contribution in [0, 0.1) is 0 Å². The van der Waals surface area contributed by atoms with Crippen molar-refractivity contribution in [2.24, 2.45) is 0 Å². The Balaban J connectivity index is 1.63. The van der Waals surface area contributed by atoms with E-state index in [-0.39, 0.29) is 11.3 Å². The van der Waals surface area contributed by atoms with Gasteiger partial charge in [0, 0.05) is 48.4 Å². The molecule has 0 fully saturated rings. The van der Waals surface area contributed by atoms with E-state index in [9.17, 15) is 4.79 Å². The Kier molecular flexibility index (Phi) is 7.28. The maximum atomic E-state index is 12.4. The van der Waals surface area contributed by atoms with Gasteiger partial charge in [-0.3, -0.25) is 9.78 Å². The number of fused-ring (bicyclic) bond motifs is 1. The van der Waals surface area contributed by atoms with Gasteiger partial charge in [0.1, 0.15) is 12.1 Å². The quantitative estimate of drug-likeness (QED) is 0.361. The number of anilines is 1. The largest absolute Gasteiger partial charge is 0.491 e. The Morgan fingerprint density at radius 2 is 1.89 bits per heavy atom. The fraction of sp³-hybridized carbons (Fsp3) is 0.296. The zero-order chi connectivity index (χ0) is 25.7. The molecule has 1 aromatic carbocycles. The van der Waals surface area contributed by atoms with Gasteiger partial charge in [0.2, 0.25) is 0 Å². The molecule has 0 bridgehead atoms. The number of nitrogens with zero attached hydrogens (tertiary/aromatic N) is 4. The number of benzene rings is 1. The monoisotopic (exact) mass is 486 g/mol. The molecule has 4 rings (SSSR count). The van der Waals surface area contributed by atoms with E-state index in [4.69, 9.17) is 9.47 Å². The average molecular weight is 487 g/mol. The highest BCUT2D eigenvalue weighted by Crippen LogP contribution is 2.34. The molecule has 36 heavy (non-hydrogen) atoms. The first-order valence-corrected chi connectivity index (χ1v) is 11.7. The van der Waals surface area contributed by atoms with Crippen LogP contribution in [0.1, 0.15) is 36.2 Å². The van der Waals surface area contributed by atoms with Gasteiger partial charge < -0.3 is 20.1 Å². The second kappa shape index (κ2) is 10.6. The molecule has 0 aliphatic heterocycles. The van der Waals surface area contributed by atoms with Crippen LogP contribution in [0.3, 0.4) is 0 Å². The molecule has 0 saturated heterocycles. The van der Waals surface area contributed by atoms with Crippen molar-refractivity contribution >= 4 is 22.6 Å². The van der Waals surface area contributed by atoms with Crippen LogP contribution < -0.4 is 20.1 Å². The summed E-state index contributed by atoms with van der Waals surface area (Å²) in [7, 11) is 4.75. The van der Waals surface area contributed by atoms with E-state index in [1.165, 1.54) is 6.33 Å². The number of pyridine rings is 2. The molecular formula is C27H30N6O3. The van der Waals surface area contributed by atoms with Gasteiger partial charge in [0.05, 0.1) is 31.0 Å². The summed E-state index contributed by atoms with van der Waals surface area (Å²) < 4.78 is 10.6. The number of carbonyl (C=O) groups excluding carboxylic acids is 1. The summed E-state index contributed by atoms with van der Waals surface area (Å²) in [5.74, 6) is 1.50. The van der Waals surface area contributed by atoms with Crippen LogP contribution in [0.2, 0.25) is 0 Å². The molecule has 0 aliphatic carbocycles. The first-order valence-electron chi connectivity index (χ1n) is 11.7. The van der Waals surface area contributed by atoms with Gasteiger partial charge in [-0.15, -0.1) is 0 Å². The van der Waals surface area contributed by atoms with Crippen LogP contribution in [0.4, 0.5) is 5.82 Å². The predicted octanol–water partition coefficient (Wildman–Crippen LogP) is 4.24. The third kappa shape index (κ3) is 4.77. The zero-order valence-corrected chi connectivity index (χ0v) is 21.1. The van der Waals surface area contributed by atoms with Crippen LogP contribution in [0.25, 0.3) is 22.2 Å². The number of carbonyl (C=O) groups is 1. The lowest BCUT2D eigenvalue weighted by atomic mass is 9.78. The molecule has 186 valence electrons. The van der Waals surface area contributed by atoms with Crippen molar-refractivity contribution in [2.75, 3.05) is 33.1 Å². The molecule has 3 heterocycles. The molecule has 0 radical (unpaired) electrons. The molecule has 4 aromatic rings. The first kappa shape index (κ1) is 24.8. The SMILES string of the molecule is CC[C@](C)(CNc1cc(-c2cnc(OC)c(OC)c2)ncn1)c1cccc2c(C(=O)NC)ccnc12. The van der Waals surface area contributed by atoms with E-state index < -0.39 is 0 Å². The van der Waals surface area contributed by atoms with Gasteiger partial charge in [-0.1, -0.05) is 32.0 Å². The molecule has 0 unspecified atom stereocenters. The van der Waals surface area contributed by atoms with Gasteiger partial charge in [-0.05, 0) is 24.1 Å². The van der Waals surface area contributed by atoms with Gasteiger partial charge in [-0.2, -0.15) is 0 Å². The Hall–Kier alpha value is -4.27. The smallest absolute Gasteiger partial charge is 0.256 e. The van der Waals surface area contributed by atoms with E-state index in [0.717, 1.165) is 28.5 Å². The van der Waals surface area contributed by atoms with E-state index in [1.807, 2.05) is 24.3 Å². The third-order valence-electron chi connectivity index (χ3n) is 6.53. The van der Waals surface area contributed by atoms with Crippen molar-refractivity contribution in [2.45, 2.75) is 25.7 Å². The summed E-state index contributed by atoms with van der Waals surface area (Å²) in [5.41, 5.74) is 3.73. The number of para-hydroxylation sites is 1. The minimum absolute atomic E-state index is 0.131. The molecule has 2 N–H and O–H groups in total. The Labute approximate surface area is 210 Å². The molecule has 9 heteroatoms. The molecule has 0 aliphatic rings. The Morgan fingerprint density at radius 3 is 2.61 bits per heavy atom. The molecule has 1 amide bonds. The summed E-state index contributed by atoms with van der Waals surface area (Å²) in [6, 6.07) is 11.5. The van der Waals surface area contributed by atoms with Gasteiger partial charge in [-0.25, -0.2) is 15.0 Å². The molecular weight excluding hydrogens is 456 g/mol. The Bertz CT molecular complexity index is 1390. The third-order valence-corrected chi connectivity index (χ3v) is 6.53. The highest BCUT2D eigenvalue weighted by Gasteiger charge is 2.28. The number of amides is 1. The molecule has 9 nitrogen and oxygen atoms in total. The van der Waals surface area contributed by atoms with Crippen molar-refractivity contribution in [3.8, 4) is 22.9 Å². The fourth-order valence-electron chi connectivity index (χ4n) is 4.18. The number of methoxy groups -OCH3 is 2. The number of hydrogen-bond acceptors (Lipinski definition) is 8.